The lowest BCUT2D eigenvalue weighted by Crippen LogP contribution is -2.12. The minimum atomic E-state index is 0.417. The average Bonchev–Trinajstić information content (AvgIpc) is 1.69. The molecule has 0 aromatic rings. The number of carbonyl (C=O) groups excluding carboxylic acids is 1. The van der Waals surface area contributed by atoms with Gasteiger partial charge in [0.2, 0.25) is 0 Å². The molecule has 2 radical (unpaired) electrons. The molecule has 7 heavy (non-hydrogen) atoms. The number of ether oxygens (including phenoxy) is 1. The standard InChI is InChI=1S/C4H7NO2/c1-7-3-2-5-4-6/h3H,2H2,1H3,(H,5,6). The summed E-state index contributed by atoms with van der Waals surface area (Å²) in [6.45, 7) is 1.88. The van der Waals surface area contributed by atoms with Crippen LogP contribution in [0.3, 0.4) is 0 Å². The highest BCUT2D eigenvalue weighted by atomic mass is 16.5. The van der Waals surface area contributed by atoms with E-state index in [4.69, 9.17) is 0 Å². The van der Waals surface area contributed by atoms with E-state index in [1.54, 1.807) is 0 Å². The molecule has 0 atom stereocenters. The zero-order valence-corrected chi connectivity index (χ0v) is 4.10. The van der Waals surface area contributed by atoms with Crippen LogP contribution < -0.4 is 5.32 Å². The number of hydrogen-bond donors (Lipinski definition) is 1. The second-order valence-corrected chi connectivity index (χ2v) is 0.885. The minimum absolute atomic E-state index is 0.417. The normalized spacial score (nSPS) is 8.14. The van der Waals surface area contributed by atoms with E-state index < -0.39 is 0 Å². The van der Waals surface area contributed by atoms with Crippen molar-refractivity contribution < 1.29 is 9.53 Å². The summed E-state index contributed by atoms with van der Waals surface area (Å²) >= 11 is 0. The van der Waals surface area contributed by atoms with Gasteiger partial charge in [0, 0.05) is 13.7 Å². The fourth-order valence-corrected chi connectivity index (χ4v) is 0.167. The van der Waals surface area contributed by atoms with Gasteiger partial charge in [-0.2, -0.15) is 0 Å². The molecule has 0 aliphatic carbocycles. The Morgan fingerprint density at radius 2 is 2.71 bits per heavy atom. The largest absolute Gasteiger partial charge is 0.377 e. The van der Waals surface area contributed by atoms with Crippen molar-refractivity contribution in [1.29, 1.82) is 0 Å². The van der Waals surface area contributed by atoms with E-state index in [1.165, 1.54) is 20.1 Å². The van der Waals surface area contributed by atoms with Gasteiger partial charge in [-0.15, -0.1) is 0 Å². The van der Waals surface area contributed by atoms with Crippen molar-refractivity contribution in [1.82, 2.24) is 5.32 Å². The third kappa shape index (κ3) is 5.43. The molecule has 0 unspecified atom stereocenters. The summed E-state index contributed by atoms with van der Waals surface area (Å²) in [5.41, 5.74) is 0. The van der Waals surface area contributed by atoms with Gasteiger partial charge >= 0.3 is 6.41 Å². The summed E-state index contributed by atoms with van der Waals surface area (Å²) in [6, 6.07) is 0. The minimum Gasteiger partial charge on any atom is -0.377 e. The monoisotopic (exact) mass is 101 g/mol. The van der Waals surface area contributed by atoms with Crippen LogP contribution >= 0.6 is 0 Å². The first-order valence-corrected chi connectivity index (χ1v) is 1.86. The van der Waals surface area contributed by atoms with E-state index in [0.29, 0.717) is 6.54 Å². The van der Waals surface area contributed by atoms with Gasteiger partial charge in [-0.25, -0.2) is 0 Å². The fraction of sp³-hybridized carbons (Fsp3) is 0.500. The van der Waals surface area contributed by atoms with E-state index in [9.17, 15) is 4.79 Å². The van der Waals surface area contributed by atoms with Crippen LogP contribution in [0.15, 0.2) is 0 Å². The zero-order valence-electron chi connectivity index (χ0n) is 4.10. The third-order valence-electron chi connectivity index (χ3n) is 0.424. The molecule has 0 aromatic heterocycles. The van der Waals surface area contributed by atoms with Gasteiger partial charge in [-0.1, -0.05) is 0 Å². The molecule has 0 aromatic carbocycles. The summed E-state index contributed by atoms with van der Waals surface area (Å²) in [6.07, 6.45) is 1.49. The third-order valence-corrected chi connectivity index (χ3v) is 0.424. The maximum Gasteiger partial charge on any atom is 0.309 e. The van der Waals surface area contributed by atoms with Crippen LogP contribution in [0.1, 0.15) is 0 Å². The van der Waals surface area contributed by atoms with Gasteiger partial charge in [0.25, 0.3) is 0 Å². The average molecular weight is 101 g/mol. The summed E-state index contributed by atoms with van der Waals surface area (Å²) in [4.78, 5) is 9.37. The molecule has 1 amide bonds. The van der Waals surface area contributed by atoms with Crippen LogP contribution in [0.2, 0.25) is 0 Å². The van der Waals surface area contributed by atoms with E-state index in [1.807, 2.05) is 0 Å². The van der Waals surface area contributed by atoms with Crippen LogP contribution in [0.25, 0.3) is 0 Å². The van der Waals surface area contributed by atoms with Gasteiger partial charge < -0.3 is 10.1 Å². The summed E-state index contributed by atoms with van der Waals surface area (Å²) < 4.78 is 4.48. The van der Waals surface area contributed by atoms with Crippen LogP contribution in [-0.2, 0) is 9.53 Å². The number of methoxy groups -OCH3 is 1. The Bertz CT molecular complexity index is 47.0. The molecule has 3 nitrogen and oxygen atoms in total. The Morgan fingerprint density at radius 3 is 3.14 bits per heavy atom. The van der Waals surface area contributed by atoms with Crippen molar-refractivity contribution in [3.63, 3.8) is 0 Å². The SMILES string of the molecule is CO[CH]CN[C]=O. The Hall–Kier alpha value is -0.570. The lowest BCUT2D eigenvalue weighted by Gasteiger charge is -1.90. The Kier molecular flexibility index (Phi) is 4.99. The van der Waals surface area contributed by atoms with Gasteiger partial charge in [0.15, 0.2) is 0 Å². The second-order valence-electron chi connectivity index (χ2n) is 0.885. The molecule has 0 fully saturated rings. The van der Waals surface area contributed by atoms with Crippen molar-refractivity contribution in [2.45, 2.75) is 0 Å². The maximum atomic E-state index is 9.37. The second kappa shape index (κ2) is 5.43. The van der Waals surface area contributed by atoms with E-state index in [0.717, 1.165) is 0 Å². The van der Waals surface area contributed by atoms with Gasteiger partial charge in [-0.3, -0.25) is 4.79 Å². The van der Waals surface area contributed by atoms with Crippen molar-refractivity contribution in [2.75, 3.05) is 13.7 Å². The quantitative estimate of drug-likeness (QED) is 0.381. The van der Waals surface area contributed by atoms with Crippen LogP contribution in [-0.4, -0.2) is 20.1 Å². The Morgan fingerprint density at radius 1 is 2.00 bits per heavy atom. The number of hydrogen-bond acceptors (Lipinski definition) is 2. The van der Waals surface area contributed by atoms with Crippen LogP contribution in [0.4, 0.5) is 0 Å². The highest BCUT2D eigenvalue weighted by molar-refractivity contribution is 5.46. The molecule has 0 aliphatic heterocycles. The predicted octanol–water partition coefficient (Wildman–Crippen LogP) is -0.549. The van der Waals surface area contributed by atoms with Crippen molar-refractivity contribution in [3.05, 3.63) is 6.61 Å². The first-order chi connectivity index (χ1) is 3.41. The van der Waals surface area contributed by atoms with E-state index >= 15 is 0 Å². The molecule has 0 saturated carbocycles. The van der Waals surface area contributed by atoms with Crippen molar-refractivity contribution in [3.8, 4) is 0 Å². The van der Waals surface area contributed by atoms with Crippen molar-refractivity contribution >= 4 is 6.41 Å². The Labute approximate surface area is 42.7 Å². The highest BCUT2D eigenvalue weighted by Crippen LogP contribution is 1.67. The fourth-order valence-electron chi connectivity index (χ4n) is 0.167. The first kappa shape index (κ1) is 6.43. The van der Waals surface area contributed by atoms with E-state index in [2.05, 4.69) is 10.1 Å². The molecule has 0 aliphatic rings. The lowest BCUT2D eigenvalue weighted by atomic mass is 10.7. The van der Waals surface area contributed by atoms with Gasteiger partial charge in [0.05, 0.1) is 0 Å². The lowest BCUT2D eigenvalue weighted by molar-refractivity contribution is 0.272. The van der Waals surface area contributed by atoms with Crippen LogP contribution in [0, 0.1) is 6.61 Å². The number of nitrogens with one attached hydrogen (secondary N) is 1. The molecule has 0 rings (SSSR count). The van der Waals surface area contributed by atoms with Gasteiger partial charge in [0.1, 0.15) is 6.61 Å². The topological polar surface area (TPSA) is 38.3 Å². The van der Waals surface area contributed by atoms with E-state index in [-0.39, 0.29) is 0 Å². The molecule has 40 valence electrons. The summed E-state index contributed by atoms with van der Waals surface area (Å²) in [5, 5.41) is 2.26. The first-order valence-electron chi connectivity index (χ1n) is 1.86. The Balaban J connectivity index is 2.56. The maximum absolute atomic E-state index is 9.37. The zero-order chi connectivity index (χ0) is 5.54. The summed E-state index contributed by atoms with van der Waals surface area (Å²) in [7, 11) is 1.52. The molecular weight excluding hydrogens is 94.0 g/mol. The van der Waals surface area contributed by atoms with Crippen molar-refractivity contribution in [2.24, 2.45) is 0 Å². The highest BCUT2D eigenvalue weighted by Gasteiger charge is 1.78. The molecular formula is C4H7NO2. The molecule has 0 bridgehead atoms. The number of rotatable bonds is 4. The molecule has 0 spiro atoms. The smallest absolute Gasteiger partial charge is 0.309 e. The van der Waals surface area contributed by atoms with Crippen LogP contribution in [0.5, 0.6) is 0 Å². The predicted molar refractivity (Wildman–Crippen MR) is 25.0 cm³/mol. The van der Waals surface area contributed by atoms with Gasteiger partial charge in [-0.05, 0) is 0 Å². The number of amides is 1. The molecule has 0 saturated heterocycles. The molecule has 0 heterocycles. The molecule has 3 heteroatoms. The molecule has 1 N–H and O–H groups in total. The summed E-state index contributed by atoms with van der Waals surface area (Å²) in [5.74, 6) is 0.